The summed E-state index contributed by atoms with van der Waals surface area (Å²) in [5.41, 5.74) is 5.58. The van der Waals surface area contributed by atoms with Gasteiger partial charge in [-0.15, -0.1) is 11.8 Å². The number of methoxy groups -OCH3 is 1. The molecule has 19 heavy (non-hydrogen) atoms. The first-order chi connectivity index (χ1) is 8.97. The molecule has 0 aromatic rings. The number of halogens is 1. The van der Waals surface area contributed by atoms with Gasteiger partial charge in [-0.05, 0) is 0 Å². The van der Waals surface area contributed by atoms with Crippen molar-refractivity contribution in [1.29, 1.82) is 0 Å². The Morgan fingerprint density at radius 2 is 2.26 bits per heavy atom. The summed E-state index contributed by atoms with van der Waals surface area (Å²) in [6.07, 6.45) is 0. The van der Waals surface area contributed by atoms with Crippen molar-refractivity contribution in [3.63, 3.8) is 0 Å². The van der Waals surface area contributed by atoms with Crippen LogP contribution in [0.25, 0.3) is 0 Å². The minimum absolute atomic E-state index is 0.0407. The highest BCUT2D eigenvalue weighted by Crippen LogP contribution is 2.40. The maximum atomic E-state index is 11.9. The maximum Gasteiger partial charge on any atom is 0.356 e. The zero-order valence-electron chi connectivity index (χ0n) is 9.92. The van der Waals surface area contributed by atoms with Crippen LogP contribution >= 0.6 is 23.4 Å². The highest BCUT2D eigenvalue weighted by molar-refractivity contribution is 8.00. The molecule has 0 spiro atoms. The molecule has 0 radical (unpaired) electrons. The topological polar surface area (TPSA) is 98.9 Å². The number of ether oxygens (including phenoxy) is 2. The van der Waals surface area contributed by atoms with Gasteiger partial charge < -0.3 is 15.2 Å². The lowest BCUT2D eigenvalue weighted by Gasteiger charge is -2.47. The first kappa shape index (κ1) is 14.2. The quantitative estimate of drug-likeness (QED) is 0.549. The Hall–Kier alpha value is -1.25. The summed E-state index contributed by atoms with van der Waals surface area (Å²) in [6, 6.07) is -0.641. The van der Waals surface area contributed by atoms with Gasteiger partial charge in [0.05, 0.1) is 12.1 Å². The number of hydrogen-bond acceptors (Lipinski definition) is 7. The Kier molecular flexibility index (Phi) is 4.02. The van der Waals surface area contributed by atoms with E-state index in [-0.39, 0.29) is 22.0 Å². The van der Waals surface area contributed by atoms with Gasteiger partial charge in [0.15, 0.2) is 6.61 Å². The van der Waals surface area contributed by atoms with E-state index >= 15 is 0 Å². The summed E-state index contributed by atoms with van der Waals surface area (Å²) < 4.78 is 9.09. The fourth-order valence-electron chi connectivity index (χ4n) is 1.72. The first-order valence-electron chi connectivity index (χ1n) is 5.30. The normalized spacial score (nSPS) is 25.6. The smallest absolute Gasteiger partial charge is 0.356 e. The van der Waals surface area contributed by atoms with Crippen LogP contribution in [0.1, 0.15) is 0 Å². The van der Waals surface area contributed by atoms with Crippen molar-refractivity contribution in [2.75, 3.05) is 19.5 Å². The average molecular weight is 307 g/mol. The Morgan fingerprint density at radius 1 is 1.58 bits per heavy atom. The molecule has 2 aliphatic rings. The number of nitrogens with zero attached hydrogens (tertiary/aromatic N) is 1. The Labute approximate surface area is 118 Å². The van der Waals surface area contributed by atoms with E-state index in [1.807, 2.05) is 0 Å². The van der Waals surface area contributed by atoms with Crippen LogP contribution in [0.2, 0.25) is 0 Å². The molecule has 1 fully saturated rings. The minimum Gasteiger partial charge on any atom is -0.466 e. The van der Waals surface area contributed by atoms with Crippen molar-refractivity contribution in [1.82, 2.24) is 4.90 Å². The summed E-state index contributed by atoms with van der Waals surface area (Å²) in [7, 11) is 1.17. The summed E-state index contributed by atoms with van der Waals surface area (Å²) in [6.45, 7) is -0.533. The molecular weight excluding hydrogens is 296 g/mol. The lowest BCUT2D eigenvalue weighted by atomic mass is 10.1. The predicted octanol–water partition coefficient (Wildman–Crippen LogP) is -0.605. The van der Waals surface area contributed by atoms with E-state index in [4.69, 9.17) is 22.1 Å². The van der Waals surface area contributed by atoms with Gasteiger partial charge in [-0.25, -0.2) is 9.59 Å². The van der Waals surface area contributed by atoms with Crippen LogP contribution in [0.5, 0.6) is 0 Å². The molecule has 0 bridgehead atoms. The second kappa shape index (κ2) is 5.40. The van der Waals surface area contributed by atoms with Crippen molar-refractivity contribution in [2.45, 2.75) is 11.4 Å². The molecule has 0 aliphatic carbocycles. The van der Waals surface area contributed by atoms with Gasteiger partial charge in [0.2, 0.25) is 5.91 Å². The summed E-state index contributed by atoms with van der Waals surface area (Å²) in [5, 5.41) is -0.105. The van der Waals surface area contributed by atoms with Crippen LogP contribution in [-0.2, 0) is 23.9 Å². The molecule has 9 heteroatoms. The second-order valence-corrected chi connectivity index (χ2v) is 5.40. The molecule has 104 valence electrons. The zero-order valence-corrected chi connectivity index (χ0v) is 11.5. The van der Waals surface area contributed by atoms with Gasteiger partial charge in [0, 0.05) is 5.75 Å². The average Bonchev–Trinajstić information content (AvgIpc) is 2.42. The molecule has 2 rings (SSSR count). The van der Waals surface area contributed by atoms with Gasteiger partial charge in [0.1, 0.15) is 17.1 Å². The van der Waals surface area contributed by atoms with Gasteiger partial charge in [0.25, 0.3) is 0 Å². The van der Waals surface area contributed by atoms with E-state index in [9.17, 15) is 14.4 Å². The fraction of sp³-hybridized carbons (Fsp3) is 0.500. The number of carbonyl (C=O) groups excluding carboxylic acids is 3. The van der Waals surface area contributed by atoms with Crippen LogP contribution in [-0.4, -0.2) is 53.6 Å². The van der Waals surface area contributed by atoms with E-state index in [0.29, 0.717) is 5.75 Å². The van der Waals surface area contributed by atoms with Crippen molar-refractivity contribution >= 4 is 41.2 Å². The standard InChI is InChI=1S/C10H11ClN2O5S/c1-17-5(14)2-18-10(16)7-4(11)3-19-9-6(12)8(15)13(7)9/h6,9H,2-3,12H2,1H3/t6?,9-/m0/s1. The third-order valence-electron chi connectivity index (χ3n) is 2.71. The number of amides is 1. The number of esters is 2. The highest BCUT2D eigenvalue weighted by Gasteiger charge is 2.52. The molecule has 7 nitrogen and oxygen atoms in total. The minimum atomic E-state index is -0.832. The third-order valence-corrected chi connectivity index (χ3v) is 4.48. The van der Waals surface area contributed by atoms with Crippen LogP contribution in [0.4, 0.5) is 0 Å². The van der Waals surface area contributed by atoms with Crippen LogP contribution in [0.15, 0.2) is 10.7 Å². The summed E-state index contributed by atoms with van der Waals surface area (Å²) >= 11 is 7.31. The van der Waals surface area contributed by atoms with Crippen molar-refractivity contribution < 1.29 is 23.9 Å². The SMILES string of the molecule is COC(=O)COC(=O)C1=C(Cl)CS[C@H]2C(N)C(=O)N12. The molecule has 1 unspecified atom stereocenters. The number of fused-ring (bicyclic) bond motifs is 1. The molecule has 0 aromatic heterocycles. The number of hydrogen-bond donors (Lipinski definition) is 1. The van der Waals surface area contributed by atoms with Crippen molar-refractivity contribution in [3.05, 3.63) is 10.7 Å². The summed E-state index contributed by atoms with van der Waals surface area (Å²) in [4.78, 5) is 35.6. The molecule has 2 aliphatic heterocycles. The molecule has 0 aromatic carbocycles. The maximum absolute atomic E-state index is 11.9. The fourth-order valence-corrected chi connectivity index (χ4v) is 3.21. The molecular formula is C10H11ClN2O5S. The van der Waals surface area contributed by atoms with Crippen LogP contribution in [0, 0.1) is 0 Å². The van der Waals surface area contributed by atoms with E-state index in [1.54, 1.807) is 0 Å². The number of rotatable bonds is 3. The molecule has 2 N–H and O–H groups in total. The largest absolute Gasteiger partial charge is 0.466 e. The lowest BCUT2D eigenvalue weighted by molar-refractivity contribution is -0.158. The molecule has 2 atom stereocenters. The summed E-state index contributed by atoms with van der Waals surface area (Å²) in [5.74, 6) is -1.55. The number of thioether (sulfide) groups is 1. The van der Waals surface area contributed by atoms with Gasteiger partial charge >= 0.3 is 11.9 Å². The Bertz CT molecular complexity index is 481. The number of β-lactam (4-membered cyclic amide) rings is 1. The van der Waals surface area contributed by atoms with Crippen molar-refractivity contribution in [3.8, 4) is 0 Å². The van der Waals surface area contributed by atoms with E-state index in [1.165, 1.54) is 23.8 Å². The Morgan fingerprint density at radius 3 is 2.89 bits per heavy atom. The molecule has 1 saturated heterocycles. The second-order valence-electron chi connectivity index (χ2n) is 3.84. The number of carbonyl (C=O) groups is 3. The van der Waals surface area contributed by atoms with Crippen LogP contribution < -0.4 is 5.73 Å². The van der Waals surface area contributed by atoms with E-state index < -0.39 is 24.6 Å². The van der Waals surface area contributed by atoms with Gasteiger partial charge in [-0.3, -0.25) is 9.69 Å². The van der Waals surface area contributed by atoms with Crippen molar-refractivity contribution in [2.24, 2.45) is 5.73 Å². The molecule has 0 saturated carbocycles. The Balaban J connectivity index is 2.11. The molecule has 1 amide bonds. The van der Waals surface area contributed by atoms with E-state index in [2.05, 4.69) is 4.74 Å². The monoisotopic (exact) mass is 306 g/mol. The number of nitrogens with two attached hydrogens (primary N) is 1. The highest BCUT2D eigenvalue weighted by atomic mass is 35.5. The van der Waals surface area contributed by atoms with E-state index in [0.717, 1.165) is 0 Å². The van der Waals surface area contributed by atoms with Gasteiger partial charge in [-0.1, -0.05) is 11.6 Å². The lowest BCUT2D eigenvalue weighted by Crippen LogP contribution is -2.68. The van der Waals surface area contributed by atoms with Crippen LogP contribution in [0.3, 0.4) is 0 Å². The van der Waals surface area contributed by atoms with Gasteiger partial charge in [-0.2, -0.15) is 0 Å². The predicted molar refractivity (Wildman–Crippen MR) is 66.9 cm³/mol. The third kappa shape index (κ3) is 2.43. The zero-order chi connectivity index (χ0) is 14.2. The molecule has 2 heterocycles. The first-order valence-corrected chi connectivity index (χ1v) is 6.73.